The van der Waals surface area contributed by atoms with Crippen molar-refractivity contribution in [2.45, 2.75) is 30.7 Å². The Kier molecular flexibility index (Phi) is 4.97. The lowest BCUT2D eigenvalue weighted by molar-refractivity contribution is 0.102. The van der Waals surface area contributed by atoms with Crippen LogP contribution in [-0.2, 0) is 10.0 Å². The third-order valence-electron chi connectivity index (χ3n) is 4.72. The van der Waals surface area contributed by atoms with Gasteiger partial charge in [-0.2, -0.15) is 0 Å². The number of methoxy groups -OCH3 is 1. The van der Waals surface area contributed by atoms with Gasteiger partial charge in [-0.15, -0.1) is 0 Å². The molecule has 1 heterocycles. The van der Waals surface area contributed by atoms with Crippen molar-refractivity contribution in [1.82, 2.24) is 9.71 Å². The fourth-order valence-electron chi connectivity index (χ4n) is 3.09. The Morgan fingerprint density at radius 3 is 2.52 bits per heavy atom. The molecule has 1 aliphatic carbocycles. The van der Waals surface area contributed by atoms with Crippen molar-refractivity contribution in [2.75, 3.05) is 12.4 Å². The van der Waals surface area contributed by atoms with E-state index in [0.29, 0.717) is 22.5 Å². The molecule has 0 aliphatic heterocycles. The van der Waals surface area contributed by atoms with Crippen LogP contribution >= 0.6 is 0 Å². The minimum Gasteiger partial charge on any atom is -0.494 e. The van der Waals surface area contributed by atoms with Gasteiger partial charge in [0.05, 0.1) is 17.7 Å². The molecule has 1 fully saturated rings. The van der Waals surface area contributed by atoms with Crippen molar-refractivity contribution in [3.05, 3.63) is 59.8 Å². The van der Waals surface area contributed by atoms with E-state index in [9.17, 15) is 13.2 Å². The molecule has 1 amide bonds. The van der Waals surface area contributed by atoms with Crippen molar-refractivity contribution in [3.63, 3.8) is 0 Å². The highest BCUT2D eigenvalue weighted by molar-refractivity contribution is 7.89. The van der Waals surface area contributed by atoms with Crippen LogP contribution in [0.5, 0.6) is 5.75 Å². The van der Waals surface area contributed by atoms with Gasteiger partial charge >= 0.3 is 0 Å². The summed E-state index contributed by atoms with van der Waals surface area (Å²) in [5.41, 5.74) is 2.38. The molecule has 3 aromatic rings. The Morgan fingerprint density at radius 1 is 1.14 bits per heavy atom. The fourth-order valence-corrected chi connectivity index (χ4v) is 4.39. The number of aryl methyl sites for hydroxylation is 1. The Labute approximate surface area is 169 Å². The molecule has 1 aromatic heterocycles. The molecular formula is C21H21N3O4S. The second-order valence-corrected chi connectivity index (χ2v) is 8.76. The van der Waals surface area contributed by atoms with Gasteiger partial charge in [0.2, 0.25) is 10.0 Å². The van der Waals surface area contributed by atoms with Crippen LogP contribution in [0.25, 0.3) is 10.9 Å². The number of fused-ring (bicyclic) bond motifs is 1. The molecule has 2 N–H and O–H groups in total. The number of pyridine rings is 1. The molecule has 0 unspecified atom stereocenters. The normalized spacial score (nSPS) is 14.0. The topological polar surface area (TPSA) is 97.4 Å². The van der Waals surface area contributed by atoms with Gasteiger partial charge in [0, 0.05) is 22.7 Å². The SMILES string of the molecule is COc1cccc2c(NC(=O)c3ccc(S(=O)(=O)NC4CC4)cc3)cc(C)nc12. The number of carbonyl (C=O) groups excluding carboxylic acids is 1. The number of nitrogens with one attached hydrogen (secondary N) is 2. The van der Waals surface area contributed by atoms with Gasteiger partial charge < -0.3 is 10.1 Å². The molecule has 0 saturated heterocycles. The van der Waals surface area contributed by atoms with Crippen LogP contribution in [0.4, 0.5) is 5.69 Å². The van der Waals surface area contributed by atoms with Crippen molar-refractivity contribution >= 4 is 32.5 Å². The molecule has 4 rings (SSSR count). The molecule has 1 saturated carbocycles. The fraction of sp³-hybridized carbons (Fsp3) is 0.238. The minimum atomic E-state index is -3.54. The van der Waals surface area contributed by atoms with Crippen LogP contribution in [0.1, 0.15) is 28.9 Å². The predicted molar refractivity (Wildman–Crippen MR) is 111 cm³/mol. The molecule has 2 aromatic carbocycles. The number of carbonyl (C=O) groups is 1. The molecule has 0 atom stereocenters. The largest absolute Gasteiger partial charge is 0.494 e. The van der Waals surface area contributed by atoms with Crippen molar-refractivity contribution in [3.8, 4) is 5.75 Å². The number of anilines is 1. The zero-order valence-electron chi connectivity index (χ0n) is 16.1. The summed E-state index contributed by atoms with van der Waals surface area (Å²) < 4.78 is 32.5. The first-order valence-electron chi connectivity index (χ1n) is 9.25. The van der Waals surface area contributed by atoms with E-state index in [1.807, 2.05) is 25.1 Å². The summed E-state index contributed by atoms with van der Waals surface area (Å²) in [5.74, 6) is 0.290. The van der Waals surface area contributed by atoms with Crippen LogP contribution in [0, 0.1) is 6.92 Å². The van der Waals surface area contributed by atoms with Crippen molar-refractivity contribution in [2.24, 2.45) is 0 Å². The van der Waals surface area contributed by atoms with Gasteiger partial charge in [0.15, 0.2) is 0 Å². The Balaban J connectivity index is 1.60. The van der Waals surface area contributed by atoms with Gasteiger partial charge in [0.1, 0.15) is 11.3 Å². The zero-order valence-corrected chi connectivity index (χ0v) is 16.9. The minimum absolute atomic E-state index is 0.0307. The first kappa shape index (κ1) is 19.4. The number of amides is 1. The standard InChI is InChI=1S/C21H21N3O4S/c1-13-12-18(17-4-3-5-19(28-2)20(17)22-13)23-21(25)14-6-10-16(11-7-14)29(26,27)24-15-8-9-15/h3-7,10-12,15,24H,8-9H2,1-2H3,(H,22,23,25). The lowest BCUT2D eigenvalue weighted by atomic mass is 10.1. The summed E-state index contributed by atoms with van der Waals surface area (Å²) in [6.45, 7) is 1.84. The molecule has 0 spiro atoms. The second-order valence-electron chi connectivity index (χ2n) is 7.04. The van der Waals surface area contributed by atoms with E-state index in [4.69, 9.17) is 4.74 Å². The summed E-state index contributed by atoms with van der Waals surface area (Å²) in [6, 6.07) is 13.2. The van der Waals surface area contributed by atoms with E-state index in [-0.39, 0.29) is 16.8 Å². The average Bonchev–Trinajstić information content (AvgIpc) is 3.51. The highest BCUT2D eigenvalue weighted by atomic mass is 32.2. The predicted octanol–water partition coefficient (Wildman–Crippen LogP) is 3.24. The quantitative estimate of drug-likeness (QED) is 0.649. The Bertz CT molecular complexity index is 1190. The number of benzene rings is 2. The van der Waals surface area contributed by atoms with E-state index in [2.05, 4.69) is 15.0 Å². The summed E-state index contributed by atoms with van der Waals surface area (Å²) in [6.07, 6.45) is 1.73. The Hall–Kier alpha value is -2.97. The lowest BCUT2D eigenvalue weighted by Crippen LogP contribution is -2.25. The summed E-state index contributed by atoms with van der Waals surface area (Å²) in [7, 11) is -1.97. The number of nitrogens with zero attached hydrogens (tertiary/aromatic N) is 1. The van der Waals surface area contributed by atoms with Crippen molar-refractivity contribution in [1.29, 1.82) is 0 Å². The van der Waals surface area contributed by atoms with Crippen LogP contribution in [0.2, 0.25) is 0 Å². The van der Waals surface area contributed by atoms with E-state index >= 15 is 0 Å². The first-order chi connectivity index (χ1) is 13.9. The highest BCUT2D eigenvalue weighted by Crippen LogP contribution is 2.30. The van der Waals surface area contributed by atoms with Gasteiger partial charge in [-0.1, -0.05) is 12.1 Å². The van der Waals surface area contributed by atoms with Gasteiger partial charge in [-0.3, -0.25) is 4.79 Å². The van der Waals surface area contributed by atoms with Gasteiger partial charge in [-0.05, 0) is 56.2 Å². The van der Waals surface area contributed by atoms with Crippen molar-refractivity contribution < 1.29 is 17.9 Å². The molecule has 0 bridgehead atoms. The maximum atomic E-state index is 12.7. The van der Waals surface area contributed by atoms with E-state index in [1.54, 1.807) is 13.2 Å². The first-order valence-corrected chi connectivity index (χ1v) is 10.7. The van der Waals surface area contributed by atoms with Crippen LogP contribution in [-0.4, -0.2) is 32.5 Å². The Morgan fingerprint density at radius 2 is 1.86 bits per heavy atom. The van der Waals surface area contributed by atoms with Crippen LogP contribution < -0.4 is 14.8 Å². The number of sulfonamides is 1. The third kappa shape index (κ3) is 4.08. The number of para-hydroxylation sites is 1. The number of ether oxygens (including phenoxy) is 1. The van der Waals surface area contributed by atoms with Gasteiger partial charge in [0.25, 0.3) is 5.91 Å². The molecule has 8 heteroatoms. The molecular weight excluding hydrogens is 390 g/mol. The number of aromatic nitrogens is 1. The number of rotatable bonds is 6. The number of hydrogen-bond acceptors (Lipinski definition) is 5. The molecule has 7 nitrogen and oxygen atoms in total. The maximum absolute atomic E-state index is 12.7. The molecule has 29 heavy (non-hydrogen) atoms. The lowest BCUT2D eigenvalue weighted by Gasteiger charge is -2.12. The maximum Gasteiger partial charge on any atom is 0.255 e. The zero-order chi connectivity index (χ0) is 20.6. The summed E-state index contributed by atoms with van der Waals surface area (Å²) >= 11 is 0. The highest BCUT2D eigenvalue weighted by Gasteiger charge is 2.28. The van der Waals surface area contributed by atoms with Gasteiger partial charge in [-0.25, -0.2) is 18.1 Å². The summed E-state index contributed by atoms with van der Waals surface area (Å²) in [5, 5.41) is 3.65. The smallest absolute Gasteiger partial charge is 0.255 e. The monoisotopic (exact) mass is 411 g/mol. The summed E-state index contributed by atoms with van der Waals surface area (Å²) in [4.78, 5) is 17.4. The van der Waals surface area contributed by atoms with E-state index in [1.165, 1.54) is 24.3 Å². The molecule has 0 radical (unpaired) electrons. The van der Waals surface area contributed by atoms with E-state index < -0.39 is 10.0 Å². The second kappa shape index (κ2) is 7.46. The van der Waals surface area contributed by atoms with Crippen LogP contribution in [0.3, 0.4) is 0 Å². The third-order valence-corrected chi connectivity index (χ3v) is 6.26. The molecule has 150 valence electrons. The van der Waals surface area contributed by atoms with Crippen LogP contribution in [0.15, 0.2) is 53.4 Å². The average molecular weight is 411 g/mol. The van der Waals surface area contributed by atoms with E-state index in [0.717, 1.165) is 23.9 Å². The molecule has 1 aliphatic rings. The number of hydrogen-bond donors (Lipinski definition) is 2.